The molecule has 0 aromatic carbocycles. The van der Waals surface area contributed by atoms with Crippen LogP contribution in [0.2, 0.25) is 33.2 Å². The zero-order valence-electron chi connectivity index (χ0n) is 21.2. The molecule has 0 saturated carbocycles. The van der Waals surface area contributed by atoms with Gasteiger partial charge in [0.2, 0.25) is 0 Å². The predicted molar refractivity (Wildman–Crippen MR) is 132 cm³/mol. The van der Waals surface area contributed by atoms with E-state index in [1.807, 2.05) is 0 Å². The lowest BCUT2D eigenvalue weighted by Crippen LogP contribution is -2.53. The highest BCUT2D eigenvalue weighted by Crippen LogP contribution is 2.57. The fourth-order valence-electron chi connectivity index (χ4n) is 7.92. The molecule has 1 fully saturated rings. The summed E-state index contributed by atoms with van der Waals surface area (Å²) in [6.07, 6.45) is 0. The van der Waals surface area contributed by atoms with E-state index in [0.29, 0.717) is 52.2 Å². The van der Waals surface area contributed by atoms with E-state index in [2.05, 4.69) is 83.1 Å². The first-order valence-electron chi connectivity index (χ1n) is 11.9. The zero-order valence-corrected chi connectivity index (χ0v) is 23.2. The number of rotatable bonds is 8. The predicted octanol–water partition coefficient (Wildman–Crippen LogP) is 7.63. The lowest BCUT2D eigenvalue weighted by atomic mass is 10.2. The quantitative estimate of drug-likeness (QED) is 0.367. The summed E-state index contributed by atoms with van der Waals surface area (Å²) in [5.41, 5.74) is 5.92. The summed E-state index contributed by atoms with van der Waals surface area (Å²) in [6.45, 7) is 29.8. The van der Waals surface area contributed by atoms with Crippen molar-refractivity contribution in [2.45, 2.75) is 116 Å². The number of ether oxygens (including phenoxy) is 1. The molecule has 1 heterocycles. The van der Waals surface area contributed by atoms with E-state index in [-0.39, 0.29) is 0 Å². The zero-order chi connectivity index (χ0) is 22.5. The highest BCUT2D eigenvalue weighted by molar-refractivity contribution is 7.00. The minimum absolute atomic E-state index is 0.462. The number of allylic oxidation sites excluding steroid dienone is 2. The molecular formula is C25H46O2Si2. The van der Waals surface area contributed by atoms with E-state index in [1.54, 1.807) is 0 Å². The van der Waals surface area contributed by atoms with Gasteiger partial charge in [0.1, 0.15) is 0 Å². The molecule has 0 unspecified atom stereocenters. The van der Waals surface area contributed by atoms with Crippen LogP contribution in [0.5, 0.6) is 0 Å². The third kappa shape index (κ3) is 3.32. The first kappa shape index (κ1) is 24.8. The van der Waals surface area contributed by atoms with Gasteiger partial charge in [-0.3, -0.25) is 4.79 Å². The van der Waals surface area contributed by atoms with Crippen LogP contribution in [-0.4, -0.2) is 35.1 Å². The Balaban J connectivity index is 2.86. The number of hydrogen-bond donors (Lipinski definition) is 0. The number of hydrogen-bond acceptors (Lipinski definition) is 2. The minimum Gasteiger partial charge on any atom is -0.372 e. The molecule has 166 valence electrons. The van der Waals surface area contributed by atoms with Crippen molar-refractivity contribution in [2.75, 3.05) is 13.2 Å². The van der Waals surface area contributed by atoms with E-state index in [0.717, 1.165) is 0 Å². The Labute approximate surface area is 182 Å². The Bertz CT molecular complexity index is 607. The highest BCUT2D eigenvalue weighted by Gasteiger charge is 2.58. The van der Waals surface area contributed by atoms with Gasteiger partial charge in [-0.2, -0.15) is 0 Å². The van der Waals surface area contributed by atoms with Crippen molar-refractivity contribution < 1.29 is 9.53 Å². The maximum atomic E-state index is 14.5. The topological polar surface area (TPSA) is 26.3 Å². The van der Waals surface area contributed by atoms with Crippen molar-refractivity contribution in [3.63, 3.8) is 0 Å². The van der Waals surface area contributed by atoms with Gasteiger partial charge in [-0.1, -0.05) is 83.1 Å². The summed E-state index contributed by atoms with van der Waals surface area (Å²) in [6, 6.07) is 0. The Hall–Kier alpha value is -0.456. The molecule has 0 spiro atoms. The molecule has 1 aliphatic heterocycles. The third-order valence-corrected chi connectivity index (χ3v) is 22.8. The van der Waals surface area contributed by atoms with Crippen LogP contribution in [0.25, 0.3) is 0 Å². The van der Waals surface area contributed by atoms with Gasteiger partial charge in [0.15, 0.2) is 5.78 Å². The van der Waals surface area contributed by atoms with E-state index >= 15 is 0 Å². The molecule has 0 bridgehead atoms. The van der Waals surface area contributed by atoms with E-state index in [9.17, 15) is 4.79 Å². The van der Waals surface area contributed by atoms with E-state index in [1.165, 1.54) is 21.5 Å². The summed E-state index contributed by atoms with van der Waals surface area (Å²) in [4.78, 5) is 14.5. The van der Waals surface area contributed by atoms with Crippen LogP contribution in [0.4, 0.5) is 0 Å². The van der Waals surface area contributed by atoms with Gasteiger partial charge in [-0.25, -0.2) is 0 Å². The highest BCUT2D eigenvalue weighted by atomic mass is 28.3. The lowest BCUT2D eigenvalue weighted by molar-refractivity contribution is -0.111. The van der Waals surface area contributed by atoms with Gasteiger partial charge in [0.05, 0.1) is 29.4 Å². The molecule has 2 aliphatic rings. The SMILES string of the molecule is CC(C)[Si](C1=C2COCC2=C([Si](C(C)C)(C(C)C)C(C)C)C1=O)(C(C)C)C(C)C. The third-order valence-electron chi connectivity index (χ3n) is 8.51. The van der Waals surface area contributed by atoms with Crippen LogP contribution >= 0.6 is 0 Å². The summed E-state index contributed by atoms with van der Waals surface area (Å²) >= 11 is 0. The molecule has 1 aliphatic carbocycles. The van der Waals surface area contributed by atoms with Crippen LogP contribution in [0.3, 0.4) is 0 Å². The first-order valence-corrected chi connectivity index (χ1v) is 16.4. The average Bonchev–Trinajstić information content (AvgIpc) is 3.11. The van der Waals surface area contributed by atoms with Crippen molar-refractivity contribution in [3.05, 3.63) is 21.5 Å². The van der Waals surface area contributed by atoms with Crippen molar-refractivity contribution in [3.8, 4) is 0 Å². The summed E-state index contributed by atoms with van der Waals surface area (Å²) < 4.78 is 6.07. The van der Waals surface area contributed by atoms with Crippen LogP contribution in [0.15, 0.2) is 21.5 Å². The Morgan fingerprint density at radius 3 is 1.00 bits per heavy atom. The molecule has 4 heteroatoms. The fraction of sp³-hybridized carbons (Fsp3) is 0.800. The molecule has 0 N–H and O–H groups in total. The number of Topliss-reactive ketones (excluding diaryl/α,β-unsaturated/α-hetero) is 1. The van der Waals surface area contributed by atoms with Gasteiger partial charge < -0.3 is 4.74 Å². The van der Waals surface area contributed by atoms with Crippen molar-refractivity contribution in [1.82, 2.24) is 0 Å². The van der Waals surface area contributed by atoms with Crippen molar-refractivity contribution in [2.24, 2.45) is 0 Å². The minimum atomic E-state index is -2.04. The van der Waals surface area contributed by atoms with Gasteiger partial charge in [0, 0.05) is 0 Å². The van der Waals surface area contributed by atoms with Crippen LogP contribution in [0, 0.1) is 0 Å². The van der Waals surface area contributed by atoms with Gasteiger partial charge >= 0.3 is 0 Å². The molecule has 0 aromatic heterocycles. The molecule has 2 rings (SSSR count). The van der Waals surface area contributed by atoms with Crippen LogP contribution < -0.4 is 0 Å². The summed E-state index contributed by atoms with van der Waals surface area (Å²) in [7, 11) is -4.08. The van der Waals surface area contributed by atoms with Crippen molar-refractivity contribution >= 4 is 21.9 Å². The van der Waals surface area contributed by atoms with Gasteiger partial charge in [-0.15, -0.1) is 0 Å². The summed E-state index contributed by atoms with van der Waals surface area (Å²) in [5, 5.41) is 2.53. The summed E-state index contributed by atoms with van der Waals surface area (Å²) in [5.74, 6) is 0.462. The van der Waals surface area contributed by atoms with Crippen molar-refractivity contribution in [1.29, 1.82) is 0 Å². The second-order valence-electron chi connectivity index (χ2n) is 11.3. The Morgan fingerprint density at radius 1 is 0.552 bits per heavy atom. The Morgan fingerprint density at radius 2 is 0.793 bits per heavy atom. The molecule has 0 amide bonds. The largest absolute Gasteiger partial charge is 0.372 e. The monoisotopic (exact) mass is 434 g/mol. The molecular weight excluding hydrogens is 388 g/mol. The maximum Gasteiger partial charge on any atom is 0.177 e. The fourth-order valence-corrected chi connectivity index (χ4v) is 22.0. The first-order chi connectivity index (χ1) is 13.3. The van der Waals surface area contributed by atoms with E-state index in [4.69, 9.17) is 4.74 Å². The number of carbonyl (C=O) groups is 1. The number of ketones is 1. The maximum absolute atomic E-state index is 14.5. The number of carbonyl (C=O) groups excluding carboxylic acids is 1. The Kier molecular flexibility index (Phi) is 7.34. The number of fused-ring (bicyclic) bond motifs is 1. The lowest BCUT2D eigenvalue weighted by Gasteiger charge is -2.47. The molecule has 0 aromatic rings. The van der Waals surface area contributed by atoms with Crippen LogP contribution in [0.1, 0.15) is 83.1 Å². The van der Waals surface area contributed by atoms with E-state index < -0.39 is 16.1 Å². The average molecular weight is 435 g/mol. The van der Waals surface area contributed by atoms with Gasteiger partial charge in [-0.05, 0) is 54.8 Å². The molecule has 1 saturated heterocycles. The second-order valence-corrected chi connectivity index (χ2v) is 23.0. The molecule has 29 heavy (non-hydrogen) atoms. The molecule has 2 nitrogen and oxygen atoms in total. The smallest absolute Gasteiger partial charge is 0.177 e. The normalized spacial score (nSPS) is 18.9. The standard InChI is InChI=1S/C25H46O2Si2/c1-15(2)28(16(3)4,17(5)6)24-21-13-27-14-22(21)25(23(24)26)29(18(7)8,19(9)10)20(11)12/h15-20H,13-14H2,1-12H3. The second kappa shape index (κ2) is 8.59. The van der Waals surface area contributed by atoms with Gasteiger partial charge in [0.25, 0.3) is 0 Å². The molecule has 0 radical (unpaired) electrons. The molecule has 0 atom stereocenters. The van der Waals surface area contributed by atoms with Crippen LogP contribution in [-0.2, 0) is 9.53 Å².